The van der Waals surface area contributed by atoms with Gasteiger partial charge in [0.15, 0.2) is 6.10 Å². The Kier molecular flexibility index (Phi) is 7.24. The molecule has 0 spiro atoms. The Morgan fingerprint density at radius 2 is 1.53 bits per heavy atom. The van der Waals surface area contributed by atoms with E-state index in [4.69, 9.17) is 10.00 Å². The predicted octanol–water partition coefficient (Wildman–Crippen LogP) is 5.13. The lowest BCUT2D eigenvalue weighted by atomic mass is 10.0. The smallest absolute Gasteiger partial charge is 0.260 e. The molecular formula is C26H26N2O2. The van der Waals surface area contributed by atoms with Gasteiger partial charge in [-0.05, 0) is 67.6 Å². The molecule has 1 amide bonds. The van der Waals surface area contributed by atoms with Crippen LogP contribution < -0.4 is 10.1 Å². The highest BCUT2D eigenvalue weighted by molar-refractivity contribution is 5.81. The maximum atomic E-state index is 12.5. The number of hydrogen-bond donors (Lipinski definition) is 1. The molecule has 0 saturated heterocycles. The van der Waals surface area contributed by atoms with Gasteiger partial charge in [0.25, 0.3) is 5.91 Å². The second kappa shape index (κ2) is 10.3. The van der Waals surface area contributed by atoms with Gasteiger partial charge in [0, 0.05) is 6.04 Å². The summed E-state index contributed by atoms with van der Waals surface area (Å²) >= 11 is 0. The van der Waals surface area contributed by atoms with Crippen molar-refractivity contribution in [3.05, 3.63) is 90.0 Å². The molecule has 30 heavy (non-hydrogen) atoms. The van der Waals surface area contributed by atoms with Gasteiger partial charge in [-0.2, -0.15) is 5.26 Å². The Morgan fingerprint density at radius 3 is 2.13 bits per heavy atom. The van der Waals surface area contributed by atoms with E-state index in [0.29, 0.717) is 11.3 Å². The largest absolute Gasteiger partial charge is 0.481 e. The number of benzene rings is 3. The first-order valence-corrected chi connectivity index (χ1v) is 10.2. The number of amides is 1. The number of nitriles is 1. The Morgan fingerprint density at radius 1 is 0.933 bits per heavy atom. The molecule has 0 aliphatic heterocycles. The van der Waals surface area contributed by atoms with Crippen molar-refractivity contribution in [2.45, 2.75) is 38.8 Å². The summed E-state index contributed by atoms with van der Waals surface area (Å²) in [5, 5.41) is 11.9. The van der Waals surface area contributed by atoms with E-state index in [0.717, 1.165) is 24.0 Å². The molecule has 0 aliphatic rings. The maximum Gasteiger partial charge on any atom is 0.260 e. The van der Waals surface area contributed by atoms with Gasteiger partial charge in [0.2, 0.25) is 0 Å². The lowest BCUT2D eigenvalue weighted by Gasteiger charge is -2.19. The van der Waals surface area contributed by atoms with Crippen LogP contribution in [0.2, 0.25) is 0 Å². The number of nitrogens with zero attached hydrogens (tertiary/aromatic N) is 1. The van der Waals surface area contributed by atoms with Crippen molar-refractivity contribution < 1.29 is 9.53 Å². The third-order valence-electron chi connectivity index (χ3n) is 4.98. The van der Waals surface area contributed by atoms with Crippen molar-refractivity contribution in [3.63, 3.8) is 0 Å². The van der Waals surface area contributed by atoms with Crippen molar-refractivity contribution in [2.75, 3.05) is 0 Å². The molecule has 4 heteroatoms. The number of nitrogens with one attached hydrogen (secondary N) is 1. The summed E-state index contributed by atoms with van der Waals surface area (Å²) < 4.78 is 5.81. The molecule has 0 unspecified atom stereocenters. The van der Waals surface area contributed by atoms with Crippen LogP contribution in [0.15, 0.2) is 78.9 Å². The fourth-order valence-electron chi connectivity index (χ4n) is 3.18. The van der Waals surface area contributed by atoms with Crippen molar-refractivity contribution in [1.82, 2.24) is 5.32 Å². The van der Waals surface area contributed by atoms with Gasteiger partial charge >= 0.3 is 0 Å². The van der Waals surface area contributed by atoms with Crippen LogP contribution in [0.4, 0.5) is 0 Å². The first kappa shape index (κ1) is 21.1. The Balaban J connectivity index is 1.50. The molecule has 3 aromatic carbocycles. The highest BCUT2D eigenvalue weighted by Gasteiger charge is 2.17. The van der Waals surface area contributed by atoms with E-state index in [1.165, 1.54) is 5.56 Å². The molecule has 1 N–H and O–H groups in total. The normalized spacial score (nSPS) is 12.4. The molecular weight excluding hydrogens is 372 g/mol. The van der Waals surface area contributed by atoms with Gasteiger partial charge < -0.3 is 10.1 Å². The lowest BCUT2D eigenvalue weighted by Crippen LogP contribution is -2.41. The van der Waals surface area contributed by atoms with E-state index >= 15 is 0 Å². The lowest BCUT2D eigenvalue weighted by molar-refractivity contribution is -0.127. The van der Waals surface area contributed by atoms with E-state index in [1.54, 1.807) is 19.1 Å². The van der Waals surface area contributed by atoms with E-state index < -0.39 is 6.10 Å². The van der Waals surface area contributed by atoms with E-state index in [2.05, 4.69) is 23.5 Å². The Labute approximate surface area is 178 Å². The zero-order valence-electron chi connectivity index (χ0n) is 17.3. The molecule has 0 saturated carbocycles. The summed E-state index contributed by atoms with van der Waals surface area (Å²) in [7, 11) is 0. The van der Waals surface area contributed by atoms with E-state index in [1.807, 2.05) is 61.5 Å². The fourth-order valence-corrected chi connectivity index (χ4v) is 3.18. The topological polar surface area (TPSA) is 62.1 Å². The summed E-state index contributed by atoms with van der Waals surface area (Å²) in [5.74, 6) is 0.527. The maximum absolute atomic E-state index is 12.5. The fraction of sp³-hybridized carbons (Fsp3) is 0.231. The minimum atomic E-state index is -0.579. The molecule has 0 bridgehead atoms. The van der Waals surface area contributed by atoms with Gasteiger partial charge in [-0.15, -0.1) is 0 Å². The average Bonchev–Trinajstić information content (AvgIpc) is 2.79. The second-order valence-corrected chi connectivity index (χ2v) is 7.41. The molecule has 0 aromatic heterocycles. The first-order valence-electron chi connectivity index (χ1n) is 10.2. The molecule has 0 heterocycles. The number of ether oxygens (including phenoxy) is 1. The molecule has 152 valence electrons. The summed E-state index contributed by atoms with van der Waals surface area (Å²) in [4.78, 5) is 12.5. The van der Waals surface area contributed by atoms with Crippen LogP contribution in [0.25, 0.3) is 11.1 Å². The summed E-state index contributed by atoms with van der Waals surface area (Å²) in [5.41, 5.74) is 3.96. The number of rotatable bonds is 8. The average molecular weight is 399 g/mol. The van der Waals surface area contributed by atoms with Gasteiger partial charge in [0.05, 0.1) is 11.6 Å². The van der Waals surface area contributed by atoms with Crippen LogP contribution in [-0.2, 0) is 11.2 Å². The number of aryl methyl sites for hydroxylation is 1. The third kappa shape index (κ3) is 5.96. The molecule has 4 nitrogen and oxygen atoms in total. The van der Waals surface area contributed by atoms with Crippen LogP contribution in [0.3, 0.4) is 0 Å². The van der Waals surface area contributed by atoms with Crippen LogP contribution in [0.1, 0.15) is 31.4 Å². The number of hydrogen-bond acceptors (Lipinski definition) is 3. The molecule has 0 radical (unpaired) electrons. The number of carbonyl (C=O) groups excluding carboxylic acids is 1. The zero-order valence-corrected chi connectivity index (χ0v) is 17.3. The Bertz CT molecular complexity index is 990. The van der Waals surface area contributed by atoms with Crippen molar-refractivity contribution in [2.24, 2.45) is 0 Å². The molecule has 0 aliphatic carbocycles. The highest BCUT2D eigenvalue weighted by atomic mass is 16.5. The van der Waals surface area contributed by atoms with Gasteiger partial charge in [0.1, 0.15) is 5.75 Å². The monoisotopic (exact) mass is 398 g/mol. The SMILES string of the molecule is C[C@H](CCc1ccccc1)NC(=O)[C@H](C)Oc1ccc(-c2ccc(C#N)cc2)cc1. The van der Waals surface area contributed by atoms with E-state index in [-0.39, 0.29) is 11.9 Å². The van der Waals surface area contributed by atoms with Crippen LogP contribution in [0.5, 0.6) is 5.75 Å². The number of carbonyl (C=O) groups is 1. The van der Waals surface area contributed by atoms with Crippen molar-refractivity contribution in [3.8, 4) is 22.9 Å². The van der Waals surface area contributed by atoms with Crippen molar-refractivity contribution in [1.29, 1.82) is 5.26 Å². The Hall–Kier alpha value is -3.58. The third-order valence-corrected chi connectivity index (χ3v) is 4.98. The predicted molar refractivity (Wildman–Crippen MR) is 119 cm³/mol. The molecule has 2 atom stereocenters. The highest BCUT2D eigenvalue weighted by Crippen LogP contribution is 2.23. The quantitative estimate of drug-likeness (QED) is 0.572. The summed E-state index contributed by atoms with van der Waals surface area (Å²) in [6.45, 7) is 3.77. The van der Waals surface area contributed by atoms with Crippen LogP contribution >= 0.6 is 0 Å². The molecule has 3 rings (SSSR count). The summed E-state index contributed by atoms with van der Waals surface area (Å²) in [6.07, 6.45) is 1.22. The van der Waals surface area contributed by atoms with Gasteiger partial charge in [-0.25, -0.2) is 0 Å². The van der Waals surface area contributed by atoms with Crippen molar-refractivity contribution >= 4 is 5.91 Å². The van der Waals surface area contributed by atoms with Crippen LogP contribution in [0, 0.1) is 11.3 Å². The van der Waals surface area contributed by atoms with Gasteiger partial charge in [-0.3, -0.25) is 4.79 Å². The first-order chi connectivity index (χ1) is 14.5. The zero-order chi connectivity index (χ0) is 21.3. The molecule has 0 fully saturated rings. The van der Waals surface area contributed by atoms with E-state index in [9.17, 15) is 4.79 Å². The van der Waals surface area contributed by atoms with Gasteiger partial charge in [-0.1, -0.05) is 54.6 Å². The van der Waals surface area contributed by atoms with Crippen LogP contribution in [-0.4, -0.2) is 18.1 Å². The minimum Gasteiger partial charge on any atom is -0.481 e. The summed E-state index contributed by atoms with van der Waals surface area (Å²) in [6, 6.07) is 27.5. The second-order valence-electron chi connectivity index (χ2n) is 7.41. The standard InChI is InChI=1S/C26H26N2O2/c1-19(8-9-21-6-4-3-5-7-21)28-26(29)20(2)30-25-16-14-24(15-17-25)23-12-10-22(18-27)11-13-23/h3-7,10-17,19-20H,8-9H2,1-2H3,(H,28,29)/t19-,20+/m1/s1. The molecule has 3 aromatic rings. The minimum absolute atomic E-state index is 0.0718.